The number of hydrogen-bond donors (Lipinski definition) is 0. The highest BCUT2D eigenvalue weighted by molar-refractivity contribution is 5.78. The number of carbonyl (C=O) groups is 1. The Morgan fingerprint density at radius 2 is 1.76 bits per heavy atom. The van der Waals surface area contributed by atoms with Crippen molar-refractivity contribution in [1.82, 2.24) is 9.88 Å². The maximum Gasteiger partial charge on any atom is 0.260 e. The summed E-state index contributed by atoms with van der Waals surface area (Å²) in [6.45, 7) is 0.511. The molecule has 0 aliphatic carbocycles. The first-order valence-electron chi connectivity index (χ1n) is 8.14. The van der Waals surface area contributed by atoms with E-state index < -0.39 is 0 Å². The van der Waals surface area contributed by atoms with E-state index in [1.54, 1.807) is 24.3 Å². The summed E-state index contributed by atoms with van der Waals surface area (Å²) in [6.07, 6.45) is 3.48. The highest BCUT2D eigenvalue weighted by atomic mass is 16.5. The largest absolute Gasteiger partial charge is 0.483 e. The Kier molecular flexibility index (Phi) is 5.42. The van der Waals surface area contributed by atoms with Crippen LogP contribution < -0.4 is 4.74 Å². The minimum atomic E-state index is -0.0771. The van der Waals surface area contributed by atoms with Crippen LogP contribution in [-0.2, 0) is 11.3 Å². The highest BCUT2D eigenvalue weighted by Crippen LogP contribution is 2.29. The van der Waals surface area contributed by atoms with Crippen molar-refractivity contribution in [2.45, 2.75) is 6.54 Å². The van der Waals surface area contributed by atoms with Gasteiger partial charge in [-0.15, -0.1) is 0 Å². The molecular weight excluding hydrogens is 312 g/mol. The van der Waals surface area contributed by atoms with Crippen molar-refractivity contribution in [2.24, 2.45) is 0 Å². The van der Waals surface area contributed by atoms with Crippen LogP contribution in [0.5, 0.6) is 5.75 Å². The van der Waals surface area contributed by atoms with E-state index in [0.29, 0.717) is 12.3 Å². The number of pyridine rings is 1. The summed E-state index contributed by atoms with van der Waals surface area (Å²) in [4.78, 5) is 18.1. The lowest BCUT2D eigenvalue weighted by Gasteiger charge is -2.18. The van der Waals surface area contributed by atoms with E-state index in [9.17, 15) is 4.79 Å². The number of likely N-dealkylation sites (N-methyl/N-ethyl adjacent to an activating group) is 1. The SMILES string of the molecule is CN(Cc1cccnc1)C(=O)COc1ccccc1-c1ccccc1. The fourth-order valence-electron chi connectivity index (χ4n) is 2.55. The molecule has 0 unspecified atom stereocenters. The molecular formula is C21H20N2O2. The van der Waals surface area contributed by atoms with Crippen LogP contribution >= 0.6 is 0 Å². The van der Waals surface area contributed by atoms with Gasteiger partial charge in [0.1, 0.15) is 5.75 Å². The number of nitrogens with zero attached hydrogens (tertiary/aromatic N) is 2. The van der Waals surface area contributed by atoms with E-state index in [0.717, 1.165) is 16.7 Å². The van der Waals surface area contributed by atoms with Crippen molar-refractivity contribution >= 4 is 5.91 Å². The zero-order valence-electron chi connectivity index (χ0n) is 14.1. The molecule has 2 aromatic carbocycles. The second kappa shape index (κ2) is 8.11. The molecule has 3 aromatic rings. The lowest BCUT2D eigenvalue weighted by molar-refractivity contribution is -0.132. The average molecular weight is 332 g/mol. The van der Waals surface area contributed by atoms with E-state index in [-0.39, 0.29) is 12.5 Å². The summed E-state index contributed by atoms with van der Waals surface area (Å²) >= 11 is 0. The van der Waals surface area contributed by atoms with Gasteiger partial charge in [0.05, 0.1) is 0 Å². The van der Waals surface area contributed by atoms with Gasteiger partial charge in [-0.2, -0.15) is 0 Å². The quantitative estimate of drug-likeness (QED) is 0.690. The summed E-state index contributed by atoms with van der Waals surface area (Å²) in [6, 6.07) is 21.6. The second-order valence-corrected chi connectivity index (χ2v) is 5.76. The molecule has 0 N–H and O–H groups in total. The predicted octanol–water partition coefficient (Wildman–Crippen LogP) is 3.79. The normalized spacial score (nSPS) is 10.3. The first-order valence-corrected chi connectivity index (χ1v) is 8.14. The number of carbonyl (C=O) groups excluding carboxylic acids is 1. The molecule has 0 aliphatic heterocycles. The molecule has 0 bridgehead atoms. The van der Waals surface area contributed by atoms with Crippen molar-refractivity contribution in [1.29, 1.82) is 0 Å². The Morgan fingerprint density at radius 3 is 2.52 bits per heavy atom. The molecule has 4 nitrogen and oxygen atoms in total. The number of amides is 1. The van der Waals surface area contributed by atoms with Gasteiger partial charge in [-0.25, -0.2) is 0 Å². The minimum absolute atomic E-state index is 0.000604. The first-order chi connectivity index (χ1) is 12.2. The topological polar surface area (TPSA) is 42.4 Å². The zero-order valence-corrected chi connectivity index (χ0v) is 14.1. The number of hydrogen-bond acceptors (Lipinski definition) is 3. The number of rotatable bonds is 6. The van der Waals surface area contributed by atoms with Crippen molar-refractivity contribution in [2.75, 3.05) is 13.7 Å². The van der Waals surface area contributed by atoms with Gasteiger partial charge in [0.25, 0.3) is 5.91 Å². The summed E-state index contributed by atoms with van der Waals surface area (Å²) < 4.78 is 5.81. The molecule has 0 aliphatic rings. The number of aromatic nitrogens is 1. The summed E-state index contributed by atoms with van der Waals surface area (Å²) in [5, 5.41) is 0. The third-order valence-corrected chi connectivity index (χ3v) is 3.89. The van der Waals surface area contributed by atoms with E-state index in [4.69, 9.17) is 4.74 Å². The maximum atomic E-state index is 12.3. The highest BCUT2D eigenvalue weighted by Gasteiger charge is 2.12. The van der Waals surface area contributed by atoms with E-state index in [1.807, 2.05) is 66.7 Å². The average Bonchev–Trinajstić information content (AvgIpc) is 2.68. The van der Waals surface area contributed by atoms with Gasteiger partial charge in [-0.3, -0.25) is 9.78 Å². The number of benzene rings is 2. The van der Waals surface area contributed by atoms with Gasteiger partial charge in [0, 0.05) is 31.5 Å². The predicted molar refractivity (Wildman–Crippen MR) is 98.1 cm³/mol. The summed E-state index contributed by atoms with van der Waals surface area (Å²) in [5.41, 5.74) is 3.03. The van der Waals surface area contributed by atoms with Crippen LogP contribution in [0.25, 0.3) is 11.1 Å². The molecule has 1 heterocycles. The van der Waals surface area contributed by atoms with Crippen LogP contribution in [0.3, 0.4) is 0 Å². The molecule has 4 heteroatoms. The van der Waals surface area contributed by atoms with Gasteiger partial charge in [-0.1, -0.05) is 54.6 Å². The van der Waals surface area contributed by atoms with Crippen LogP contribution in [0, 0.1) is 0 Å². The first kappa shape index (κ1) is 16.7. The molecule has 126 valence electrons. The monoisotopic (exact) mass is 332 g/mol. The van der Waals surface area contributed by atoms with Gasteiger partial charge in [-0.05, 0) is 23.3 Å². The molecule has 1 aromatic heterocycles. The fraction of sp³-hybridized carbons (Fsp3) is 0.143. The van der Waals surface area contributed by atoms with Crippen LogP contribution in [0.2, 0.25) is 0 Å². The third kappa shape index (κ3) is 4.44. The molecule has 0 fully saturated rings. The molecule has 0 saturated carbocycles. The third-order valence-electron chi connectivity index (χ3n) is 3.89. The Bertz CT molecular complexity index is 820. The molecule has 0 atom stereocenters. The van der Waals surface area contributed by atoms with Crippen molar-refractivity contribution in [3.63, 3.8) is 0 Å². The standard InChI is InChI=1S/C21H20N2O2/c1-23(15-17-8-7-13-22-14-17)21(24)16-25-20-12-6-5-11-19(20)18-9-3-2-4-10-18/h2-14H,15-16H2,1H3. The van der Waals surface area contributed by atoms with Crippen molar-refractivity contribution < 1.29 is 9.53 Å². The van der Waals surface area contributed by atoms with E-state index in [1.165, 1.54) is 0 Å². The lowest BCUT2D eigenvalue weighted by atomic mass is 10.1. The Morgan fingerprint density at radius 1 is 1.00 bits per heavy atom. The van der Waals surface area contributed by atoms with Crippen LogP contribution in [0.1, 0.15) is 5.56 Å². The van der Waals surface area contributed by atoms with Gasteiger partial charge in [0.2, 0.25) is 0 Å². The Balaban J connectivity index is 1.65. The molecule has 0 spiro atoms. The summed E-state index contributed by atoms with van der Waals surface area (Å²) in [7, 11) is 1.77. The minimum Gasteiger partial charge on any atom is -0.483 e. The molecule has 1 amide bonds. The second-order valence-electron chi connectivity index (χ2n) is 5.76. The van der Waals surface area contributed by atoms with E-state index >= 15 is 0 Å². The molecule has 25 heavy (non-hydrogen) atoms. The number of ether oxygens (including phenoxy) is 1. The molecule has 0 radical (unpaired) electrons. The smallest absolute Gasteiger partial charge is 0.260 e. The summed E-state index contributed by atoms with van der Waals surface area (Å²) in [5.74, 6) is 0.628. The maximum absolute atomic E-state index is 12.3. The fourth-order valence-corrected chi connectivity index (χ4v) is 2.55. The van der Waals surface area contributed by atoms with Crippen LogP contribution in [0.4, 0.5) is 0 Å². The van der Waals surface area contributed by atoms with Crippen molar-refractivity contribution in [3.05, 3.63) is 84.7 Å². The Labute approximate surface area is 147 Å². The lowest BCUT2D eigenvalue weighted by Crippen LogP contribution is -2.31. The van der Waals surface area contributed by atoms with Gasteiger partial charge >= 0.3 is 0 Å². The van der Waals surface area contributed by atoms with Crippen LogP contribution in [-0.4, -0.2) is 29.4 Å². The van der Waals surface area contributed by atoms with Crippen molar-refractivity contribution in [3.8, 4) is 16.9 Å². The zero-order chi connectivity index (χ0) is 17.5. The van der Waals surface area contributed by atoms with Gasteiger partial charge < -0.3 is 9.64 Å². The van der Waals surface area contributed by atoms with E-state index in [2.05, 4.69) is 4.98 Å². The molecule has 0 saturated heterocycles. The molecule has 3 rings (SSSR count). The number of para-hydroxylation sites is 1. The van der Waals surface area contributed by atoms with Gasteiger partial charge in [0.15, 0.2) is 6.61 Å². The Hall–Kier alpha value is -3.14. The van der Waals surface area contributed by atoms with Crippen LogP contribution in [0.15, 0.2) is 79.1 Å².